The number of benzene rings is 2. The summed E-state index contributed by atoms with van der Waals surface area (Å²) >= 11 is 0. The summed E-state index contributed by atoms with van der Waals surface area (Å²) in [6.45, 7) is 15.2. The Kier molecular flexibility index (Phi) is 11.5. The van der Waals surface area contributed by atoms with Gasteiger partial charge in [0.15, 0.2) is 6.10 Å². The molecule has 2 fully saturated rings. The van der Waals surface area contributed by atoms with Crippen LogP contribution in [0.3, 0.4) is 0 Å². The zero-order chi connectivity index (χ0) is 34.5. The Morgan fingerprint density at radius 1 is 1.04 bits per heavy atom. The SMILES string of the molecule is Cc1nc(COCC2CCCC2)c(-c2ccc(OCCc3ccc(F)cc3)cc2)c(N2CCC(C)(C)CC2)c1C(OC(C)(C)C)C(=O)O. The summed E-state index contributed by atoms with van der Waals surface area (Å²) in [4.78, 5) is 20.4. The molecule has 0 bridgehead atoms. The van der Waals surface area contributed by atoms with Crippen molar-refractivity contribution >= 4 is 11.7 Å². The summed E-state index contributed by atoms with van der Waals surface area (Å²) < 4.78 is 32.1. The molecule has 2 heterocycles. The van der Waals surface area contributed by atoms with Crippen LogP contribution in [0.4, 0.5) is 10.1 Å². The Balaban J connectivity index is 1.55. The number of halogens is 1. The Morgan fingerprint density at radius 2 is 1.69 bits per heavy atom. The summed E-state index contributed by atoms with van der Waals surface area (Å²) in [7, 11) is 0. The van der Waals surface area contributed by atoms with Crippen LogP contribution in [-0.2, 0) is 27.3 Å². The van der Waals surface area contributed by atoms with E-state index in [1.807, 2.05) is 52.0 Å². The lowest BCUT2D eigenvalue weighted by molar-refractivity contribution is -0.160. The van der Waals surface area contributed by atoms with Gasteiger partial charge >= 0.3 is 5.97 Å². The molecule has 5 rings (SSSR count). The van der Waals surface area contributed by atoms with Crippen molar-refractivity contribution in [3.8, 4) is 16.9 Å². The molecule has 1 atom stereocenters. The minimum Gasteiger partial charge on any atom is -0.493 e. The highest BCUT2D eigenvalue weighted by molar-refractivity contribution is 5.88. The molecule has 1 N–H and O–H groups in total. The number of carboxylic acid groups (broad SMARTS) is 1. The second-order valence-corrected chi connectivity index (χ2v) is 15.3. The number of aliphatic carboxylic acids is 1. The number of aryl methyl sites for hydroxylation is 1. The van der Waals surface area contributed by atoms with Crippen LogP contribution in [0.15, 0.2) is 48.5 Å². The highest BCUT2D eigenvalue weighted by Crippen LogP contribution is 2.45. The van der Waals surface area contributed by atoms with Gasteiger partial charge in [-0.3, -0.25) is 4.98 Å². The highest BCUT2D eigenvalue weighted by Gasteiger charge is 2.37. The minimum atomic E-state index is -1.19. The number of nitrogens with zero attached hydrogens (tertiary/aromatic N) is 2. The average Bonchev–Trinajstić information content (AvgIpc) is 3.55. The van der Waals surface area contributed by atoms with Crippen molar-refractivity contribution in [2.45, 2.75) is 105 Å². The lowest BCUT2D eigenvalue weighted by atomic mass is 9.81. The second-order valence-electron chi connectivity index (χ2n) is 15.3. The number of carboxylic acids is 1. The molecule has 0 amide bonds. The number of rotatable bonds is 13. The predicted octanol–water partition coefficient (Wildman–Crippen LogP) is 9.09. The molecule has 1 aromatic heterocycles. The number of carbonyl (C=O) groups is 1. The molecule has 1 saturated carbocycles. The van der Waals surface area contributed by atoms with E-state index in [2.05, 4.69) is 18.7 Å². The van der Waals surface area contributed by atoms with Crippen LogP contribution in [-0.4, -0.2) is 48.0 Å². The van der Waals surface area contributed by atoms with Crippen molar-refractivity contribution in [1.82, 2.24) is 4.98 Å². The highest BCUT2D eigenvalue weighted by atomic mass is 19.1. The predicted molar refractivity (Wildman–Crippen MR) is 188 cm³/mol. The van der Waals surface area contributed by atoms with Gasteiger partial charge in [-0.2, -0.15) is 0 Å². The first-order valence-electron chi connectivity index (χ1n) is 17.5. The van der Waals surface area contributed by atoms with Crippen LogP contribution < -0.4 is 9.64 Å². The normalized spacial score (nSPS) is 17.4. The van der Waals surface area contributed by atoms with E-state index >= 15 is 0 Å². The number of hydrogen-bond acceptors (Lipinski definition) is 6. The van der Waals surface area contributed by atoms with E-state index in [9.17, 15) is 14.3 Å². The van der Waals surface area contributed by atoms with Gasteiger partial charge in [0.2, 0.25) is 0 Å². The van der Waals surface area contributed by atoms with Gasteiger partial charge in [-0.1, -0.05) is 51.0 Å². The van der Waals surface area contributed by atoms with Gasteiger partial charge in [0.05, 0.1) is 30.2 Å². The molecule has 2 aromatic carbocycles. The lowest BCUT2D eigenvalue weighted by Gasteiger charge is -2.41. The molecular formula is C40H53FN2O5. The first-order chi connectivity index (χ1) is 22.8. The van der Waals surface area contributed by atoms with Crippen molar-refractivity contribution < 1.29 is 28.5 Å². The third kappa shape index (κ3) is 9.35. The van der Waals surface area contributed by atoms with Crippen LogP contribution >= 0.6 is 0 Å². The number of anilines is 1. The van der Waals surface area contributed by atoms with Crippen LogP contribution in [0, 0.1) is 24.1 Å². The summed E-state index contributed by atoms with van der Waals surface area (Å²) in [5.74, 6) is 0.00979. The van der Waals surface area contributed by atoms with E-state index in [-0.39, 0.29) is 11.2 Å². The standard InChI is InChI=1S/C40H53FN2O5/c1-27-34(37(38(44)45)48-39(2,3)4)36(43-22-20-40(5,6)21-23-43)35(33(42-27)26-46-25-29-9-7-8-10-29)30-13-17-32(18-14-30)47-24-19-28-11-15-31(41)16-12-28/h11-18,29,37H,7-10,19-26H2,1-6H3,(H,44,45). The molecule has 1 saturated heterocycles. The molecule has 48 heavy (non-hydrogen) atoms. The van der Waals surface area contributed by atoms with E-state index in [0.29, 0.717) is 43.4 Å². The van der Waals surface area contributed by atoms with E-state index in [4.69, 9.17) is 19.2 Å². The van der Waals surface area contributed by atoms with Crippen molar-refractivity contribution in [1.29, 1.82) is 0 Å². The van der Waals surface area contributed by atoms with Crippen molar-refractivity contribution in [3.63, 3.8) is 0 Å². The second kappa shape index (κ2) is 15.4. The number of aromatic nitrogens is 1. The monoisotopic (exact) mass is 660 g/mol. The summed E-state index contributed by atoms with van der Waals surface area (Å²) in [5.41, 5.74) is 5.27. The molecule has 3 aromatic rings. The maximum Gasteiger partial charge on any atom is 0.337 e. The fraction of sp³-hybridized carbons (Fsp3) is 0.550. The maximum absolute atomic E-state index is 13.3. The molecule has 8 heteroatoms. The third-order valence-electron chi connectivity index (χ3n) is 9.65. The number of hydrogen-bond donors (Lipinski definition) is 1. The molecule has 7 nitrogen and oxygen atoms in total. The lowest BCUT2D eigenvalue weighted by Crippen LogP contribution is -2.39. The molecule has 0 spiro atoms. The fourth-order valence-electron chi connectivity index (χ4n) is 6.89. The Hall–Kier alpha value is -3.49. The first kappa shape index (κ1) is 35.8. The van der Waals surface area contributed by atoms with E-state index < -0.39 is 17.7 Å². The van der Waals surface area contributed by atoms with Crippen LogP contribution in [0.5, 0.6) is 5.75 Å². The third-order valence-corrected chi connectivity index (χ3v) is 9.65. The summed E-state index contributed by atoms with van der Waals surface area (Å²) in [6.07, 6.45) is 6.34. The maximum atomic E-state index is 13.3. The van der Waals surface area contributed by atoms with Gasteiger partial charge in [0.25, 0.3) is 0 Å². The van der Waals surface area contributed by atoms with Crippen LogP contribution in [0.2, 0.25) is 0 Å². The Morgan fingerprint density at radius 3 is 2.29 bits per heavy atom. The Labute approximate surface area is 285 Å². The molecule has 1 aliphatic carbocycles. The van der Waals surface area contributed by atoms with Gasteiger partial charge in [0, 0.05) is 42.9 Å². The van der Waals surface area contributed by atoms with E-state index in [0.717, 1.165) is 59.8 Å². The number of piperidine rings is 1. The van der Waals surface area contributed by atoms with Crippen LogP contribution in [0.1, 0.15) is 102 Å². The average molecular weight is 661 g/mol. The quantitative estimate of drug-likeness (QED) is 0.196. The molecule has 0 radical (unpaired) electrons. The zero-order valence-electron chi connectivity index (χ0n) is 29.6. The smallest absolute Gasteiger partial charge is 0.337 e. The Bertz CT molecular complexity index is 1520. The minimum absolute atomic E-state index is 0.202. The van der Waals surface area contributed by atoms with Gasteiger partial charge in [0.1, 0.15) is 11.6 Å². The van der Waals surface area contributed by atoms with Gasteiger partial charge in [-0.15, -0.1) is 0 Å². The van der Waals surface area contributed by atoms with Gasteiger partial charge in [-0.05, 0) is 100 Å². The largest absolute Gasteiger partial charge is 0.493 e. The summed E-state index contributed by atoms with van der Waals surface area (Å²) in [5, 5.41) is 10.6. The van der Waals surface area contributed by atoms with Gasteiger partial charge < -0.3 is 24.2 Å². The molecule has 260 valence electrons. The first-order valence-corrected chi connectivity index (χ1v) is 17.5. The molecule has 2 aliphatic rings. The molecular weight excluding hydrogens is 607 g/mol. The zero-order valence-corrected chi connectivity index (χ0v) is 29.6. The fourth-order valence-corrected chi connectivity index (χ4v) is 6.89. The van der Waals surface area contributed by atoms with Crippen molar-refractivity contribution in [2.75, 3.05) is 31.2 Å². The van der Waals surface area contributed by atoms with E-state index in [1.54, 1.807) is 12.1 Å². The number of ether oxygens (including phenoxy) is 3. The number of pyridine rings is 1. The van der Waals surface area contributed by atoms with Crippen molar-refractivity contribution in [2.24, 2.45) is 11.3 Å². The van der Waals surface area contributed by atoms with Crippen molar-refractivity contribution in [3.05, 3.63) is 76.9 Å². The summed E-state index contributed by atoms with van der Waals surface area (Å²) in [6, 6.07) is 14.4. The molecule has 1 aliphatic heterocycles. The molecule has 1 unspecified atom stereocenters. The van der Waals surface area contributed by atoms with Gasteiger partial charge in [-0.25, -0.2) is 9.18 Å². The van der Waals surface area contributed by atoms with E-state index in [1.165, 1.54) is 37.8 Å². The topological polar surface area (TPSA) is 81.1 Å². The van der Waals surface area contributed by atoms with Crippen LogP contribution in [0.25, 0.3) is 11.1 Å².